The van der Waals surface area contributed by atoms with Gasteiger partial charge in [-0.05, 0) is 37.1 Å². The normalized spacial score (nSPS) is 20.4. The van der Waals surface area contributed by atoms with E-state index in [4.69, 9.17) is 33.2 Å². The number of carbonyl (C=O) groups is 3. The molecule has 0 amide bonds. The number of hydrogen-bond donors (Lipinski definition) is 4. The summed E-state index contributed by atoms with van der Waals surface area (Å²) in [6, 6.07) is 3.11. The van der Waals surface area contributed by atoms with E-state index < -0.39 is 59.4 Å². The molecule has 0 spiro atoms. The van der Waals surface area contributed by atoms with Gasteiger partial charge in [-0.15, -0.1) is 0 Å². The fourth-order valence-corrected chi connectivity index (χ4v) is 6.39. The number of carboxylic acid groups (broad SMARTS) is 1. The molecule has 0 fully saturated rings. The fourth-order valence-electron chi connectivity index (χ4n) is 6.39. The van der Waals surface area contributed by atoms with Crippen LogP contribution >= 0.6 is 0 Å². The maximum atomic E-state index is 13.5. The summed E-state index contributed by atoms with van der Waals surface area (Å²) in [7, 11) is 5.01. The van der Waals surface area contributed by atoms with Gasteiger partial charge in [0.05, 0.1) is 59.2 Å². The number of methoxy groups -OCH3 is 4. The topological polar surface area (TPSA) is 197 Å². The van der Waals surface area contributed by atoms with Crippen molar-refractivity contribution in [1.82, 2.24) is 0 Å². The minimum Gasteiger partial charge on any atom is -0.507 e. The van der Waals surface area contributed by atoms with Crippen molar-refractivity contribution in [2.75, 3.05) is 28.4 Å². The van der Waals surface area contributed by atoms with Gasteiger partial charge in [0.25, 0.3) is 0 Å². The molecule has 3 aromatic rings. The highest BCUT2D eigenvalue weighted by Crippen LogP contribution is 2.55. The number of rotatable bonds is 8. The van der Waals surface area contributed by atoms with Crippen molar-refractivity contribution in [3.63, 3.8) is 0 Å². The molecule has 0 saturated carbocycles. The Hall–Kier alpha value is -5.05. The first kappa shape index (κ1) is 34.3. The van der Waals surface area contributed by atoms with Crippen molar-refractivity contribution in [2.24, 2.45) is 0 Å². The number of phenols is 2. The van der Waals surface area contributed by atoms with E-state index >= 15 is 0 Å². The second kappa shape index (κ2) is 13.2. The molecule has 14 nitrogen and oxygen atoms in total. The van der Waals surface area contributed by atoms with Crippen LogP contribution in [-0.2, 0) is 46.5 Å². The number of ether oxygens (including phenoxy) is 7. The van der Waals surface area contributed by atoms with Gasteiger partial charge in [0.15, 0.2) is 6.10 Å². The number of carboxylic acids is 1. The highest BCUT2D eigenvalue weighted by molar-refractivity contribution is 6.11. The molecule has 0 aliphatic carbocycles. The summed E-state index contributed by atoms with van der Waals surface area (Å²) in [6.45, 7) is 4.04. The minimum atomic E-state index is -1.51. The van der Waals surface area contributed by atoms with Crippen molar-refractivity contribution in [3.8, 4) is 34.1 Å². The fraction of sp³-hybridized carbons (Fsp3) is 0.382. The van der Waals surface area contributed by atoms with Gasteiger partial charge in [0.2, 0.25) is 5.76 Å². The molecule has 5 rings (SSSR count). The monoisotopic (exact) mass is 668 g/mol. The summed E-state index contributed by atoms with van der Waals surface area (Å²) in [6.07, 6.45) is -3.18. The number of aliphatic hydroxyl groups excluding tert-OH is 1. The van der Waals surface area contributed by atoms with Gasteiger partial charge in [-0.3, -0.25) is 4.79 Å². The summed E-state index contributed by atoms with van der Waals surface area (Å²) >= 11 is 0. The molecule has 0 unspecified atom stereocenters. The molecular formula is C34H36O14. The molecule has 0 saturated heterocycles. The Bertz CT molecular complexity index is 1860. The smallest absolute Gasteiger partial charge is 0.371 e. The maximum absolute atomic E-state index is 13.5. The largest absolute Gasteiger partial charge is 0.507 e. The summed E-state index contributed by atoms with van der Waals surface area (Å²) in [5.41, 5.74) is 0.124. The first-order chi connectivity index (χ1) is 22.8. The van der Waals surface area contributed by atoms with Gasteiger partial charge in [-0.1, -0.05) is 0 Å². The Balaban J connectivity index is 2.19. The molecule has 3 aromatic carbocycles. The molecule has 0 bridgehead atoms. The van der Waals surface area contributed by atoms with E-state index in [0.29, 0.717) is 0 Å². The van der Waals surface area contributed by atoms with E-state index in [0.717, 1.165) is 20.3 Å². The van der Waals surface area contributed by atoms with Crippen LogP contribution in [0, 0.1) is 0 Å². The maximum Gasteiger partial charge on any atom is 0.371 e. The molecule has 2 heterocycles. The predicted molar refractivity (Wildman–Crippen MR) is 168 cm³/mol. The third-order valence-corrected chi connectivity index (χ3v) is 8.64. The Morgan fingerprint density at radius 2 is 1.52 bits per heavy atom. The molecule has 14 heteroatoms. The molecule has 2 aliphatic rings. The number of aromatic hydroxyl groups is 2. The van der Waals surface area contributed by atoms with Gasteiger partial charge in [0, 0.05) is 46.2 Å². The van der Waals surface area contributed by atoms with Crippen molar-refractivity contribution in [2.45, 2.75) is 58.4 Å². The highest BCUT2D eigenvalue weighted by Gasteiger charge is 2.42. The van der Waals surface area contributed by atoms with Crippen LogP contribution in [0.5, 0.6) is 23.0 Å². The van der Waals surface area contributed by atoms with Crippen LogP contribution < -0.4 is 9.47 Å². The predicted octanol–water partition coefficient (Wildman–Crippen LogP) is 4.27. The van der Waals surface area contributed by atoms with Crippen LogP contribution in [0.15, 0.2) is 17.9 Å². The molecule has 48 heavy (non-hydrogen) atoms. The summed E-state index contributed by atoms with van der Waals surface area (Å²) < 4.78 is 39.0. The van der Waals surface area contributed by atoms with E-state index in [-0.39, 0.29) is 80.2 Å². The molecule has 2 aliphatic heterocycles. The zero-order valence-electron chi connectivity index (χ0n) is 27.3. The van der Waals surface area contributed by atoms with Gasteiger partial charge in [-0.2, -0.15) is 0 Å². The van der Waals surface area contributed by atoms with Crippen LogP contribution in [0.25, 0.3) is 28.0 Å². The summed E-state index contributed by atoms with van der Waals surface area (Å²) in [5.74, 6) is -4.30. The van der Waals surface area contributed by atoms with Crippen LogP contribution in [-0.4, -0.2) is 79.0 Å². The van der Waals surface area contributed by atoms with Crippen molar-refractivity contribution in [1.29, 1.82) is 0 Å². The number of aliphatic hydroxyl groups is 1. The Morgan fingerprint density at radius 3 is 2.08 bits per heavy atom. The number of esters is 2. The van der Waals surface area contributed by atoms with E-state index in [1.54, 1.807) is 26.0 Å². The average molecular weight is 669 g/mol. The van der Waals surface area contributed by atoms with Crippen molar-refractivity contribution < 1.29 is 68.0 Å². The lowest BCUT2D eigenvalue weighted by Crippen LogP contribution is -2.31. The molecule has 256 valence electrons. The third-order valence-electron chi connectivity index (χ3n) is 8.64. The van der Waals surface area contributed by atoms with Gasteiger partial charge >= 0.3 is 17.9 Å². The molecule has 0 aromatic heterocycles. The number of fused-ring (bicyclic) bond motifs is 3. The Kier molecular flexibility index (Phi) is 9.44. The number of benzene rings is 3. The highest BCUT2D eigenvalue weighted by atomic mass is 16.6. The molecule has 4 N–H and O–H groups in total. The second-order valence-electron chi connectivity index (χ2n) is 11.3. The Morgan fingerprint density at radius 1 is 0.875 bits per heavy atom. The van der Waals surface area contributed by atoms with Gasteiger partial charge in [-0.25, -0.2) is 9.59 Å². The molecule has 4 atom stereocenters. The van der Waals surface area contributed by atoms with E-state index in [2.05, 4.69) is 0 Å². The van der Waals surface area contributed by atoms with Crippen LogP contribution in [0.4, 0.5) is 0 Å². The van der Waals surface area contributed by atoms with Crippen molar-refractivity contribution >= 4 is 34.8 Å². The molecular weight excluding hydrogens is 632 g/mol. The Labute approximate surface area is 274 Å². The number of phenolic OH excluding ortho intramolecular Hbond substituents is 2. The summed E-state index contributed by atoms with van der Waals surface area (Å²) in [4.78, 5) is 38.4. The first-order valence-electron chi connectivity index (χ1n) is 14.8. The van der Waals surface area contributed by atoms with E-state index in [9.17, 15) is 34.8 Å². The average Bonchev–Trinajstić information content (AvgIpc) is 3.06. The van der Waals surface area contributed by atoms with Crippen LogP contribution in [0.3, 0.4) is 0 Å². The quantitative estimate of drug-likeness (QED) is 0.151. The third kappa shape index (κ3) is 5.51. The number of hydrogen-bond acceptors (Lipinski definition) is 13. The zero-order valence-corrected chi connectivity index (χ0v) is 27.3. The second-order valence-corrected chi connectivity index (χ2v) is 11.3. The lowest BCUT2D eigenvalue weighted by atomic mass is 9.76. The van der Waals surface area contributed by atoms with E-state index in [1.807, 2.05) is 0 Å². The molecule has 0 radical (unpaired) electrons. The zero-order chi connectivity index (χ0) is 35.2. The van der Waals surface area contributed by atoms with Gasteiger partial charge < -0.3 is 53.6 Å². The van der Waals surface area contributed by atoms with Crippen LogP contribution in [0.2, 0.25) is 0 Å². The lowest BCUT2D eigenvalue weighted by Gasteiger charge is -2.37. The van der Waals surface area contributed by atoms with Crippen LogP contribution in [0.1, 0.15) is 71.2 Å². The lowest BCUT2D eigenvalue weighted by molar-refractivity contribution is -0.157. The standard InChI is InChI=1S/C34H36O14/c1-13-29(36)26-19(11-46-13)30(37)23-17(8-16(42-4)9-21(23)43-5)24(26)25-18(10-22(44-6)33(39)40)28(34(41)45-7)31(38)20-12-47-14(2)32(27(20)25)48-15(3)35/h8-10,13-14,29,32,36-38H,11-12H2,1-7H3,(H,39,40)/b22-10-/t13-,14+,29+,32+/m1/s1. The SMILES string of the molecule is COC(=O)c1c(O)c2c(c(-c3c4c(c(O)c5c(OC)cc(OC)cc35)CO[C@H](C)[C@@H]4O)c1/C=C(\OC)C(=O)O)[C@@H](OC(C)=O)[C@H](C)OC2. The van der Waals surface area contributed by atoms with Gasteiger partial charge in [0.1, 0.15) is 34.7 Å². The van der Waals surface area contributed by atoms with Crippen molar-refractivity contribution in [3.05, 3.63) is 51.3 Å². The summed E-state index contributed by atoms with van der Waals surface area (Å²) in [5, 5.41) is 45.7. The first-order valence-corrected chi connectivity index (χ1v) is 14.8. The van der Waals surface area contributed by atoms with E-state index in [1.165, 1.54) is 21.1 Å². The number of carbonyl (C=O) groups excluding carboxylic acids is 2. The minimum absolute atomic E-state index is 0.0422. The number of aliphatic carboxylic acids is 1.